The molecule has 1 heterocycles. The standard InChI is InChI=1S/C18H21N3O/c19-13-14-5-7-16(8-6-14)20-18(22)10-12-21-11-9-15-3-1-2-4-17(15)21/h1-8H,9-13,19H2,(H,20,22). The quantitative estimate of drug-likeness (QED) is 0.891. The third kappa shape index (κ3) is 3.28. The number of para-hydroxylation sites is 1. The Kier molecular flexibility index (Phi) is 4.39. The number of amides is 1. The number of fused-ring (bicyclic) bond motifs is 1. The van der Waals surface area contributed by atoms with Crippen molar-refractivity contribution in [1.82, 2.24) is 0 Å². The highest BCUT2D eigenvalue weighted by Gasteiger charge is 2.18. The fourth-order valence-electron chi connectivity index (χ4n) is 2.82. The highest BCUT2D eigenvalue weighted by Crippen LogP contribution is 2.27. The monoisotopic (exact) mass is 295 g/mol. The average Bonchev–Trinajstić information content (AvgIpc) is 2.97. The summed E-state index contributed by atoms with van der Waals surface area (Å²) in [5, 5.41) is 2.93. The highest BCUT2D eigenvalue weighted by atomic mass is 16.1. The molecule has 22 heavy (non-hydrogen) atoms. The van der Waals surface area contributed by atoms with Crippen molar-refractivity contribution in [3.8, 4) is 0 Å². The maximum absolute atomic E-state index is 12.1. The lowest BCUT2D eigenvalue weighted by molar-refractivity contribution is -0.116. The molecular formula is C18H21N3O. The van der Waals surface area contributed by atoms with E-state index in [0.717, 1.165) is 30.8 Å². The van der Waals surface area contributed by atoms with Gasteiger partial charge in [0.2, 0.25) is 5.91 Å². The first-order valence-corrected chi connectivity index (χ1v) is 7.68. The Morgan fingerprint density at radius 2 is 1.91 bits per heavy atom. The van der Waals surface area contributed by atoms with Crippen LogP contribution in [0.3, 0.4) is 0 Å². The maximum Gasteiger partial charge on any atom is 0.226 e. The summed E-state index contributed by atoms with van der Waals surface area (Å²) in [5.74, 6) is 0.0462. The van der Waals surface area contributed by atoms with E-state index in [2.05, 4.69) is 34.5 Å². The number of nitrogens with zero attached hydrogens (tertiary/aromatic N) is 1. The van der Waals surface area contributed by atoms with E-state index in [9.17, 15) is 4.79 Å². The minimum absolute atomic E-state index is 0.0462. The minimum Gasteiger partial charge on any atom is -0.370 e. The smallest absolute Gasteiger partial charge is 0.226 e. The molecule has 0 aromatic heterocycles. The van der Waals surface area contributed by atoms with Crippen LogP contribution in [-0.4, -0.2) is 19.0 Å². The van der Waals surface area contributed by atoms with Crippen LogP contribution in [0.25, 0.3) is 0 Å². The molecular weight excluding hydrogens is 274 g/mol. The van der Waals surface area contributed by atoms with E-state index in [4.69, 9.17) is 5.73 Å². The topological polar surface area (TPSA) is 58.4 Å². The Morgan fingerprint density at radius 3 is 2.68 bits per heavy atom. The summed E-state index contributed by atoms with van der Waals surface area (Å²) in [6.45, 7) is 2.27. The number of nitrogens with one attached hydrogen (secondary N) is 1. The molecule has 0 unspecified atom stereocenters. The SMILES string of the molecule is NCc1ccc(NC(=O)CCN2CCc3ccccc32)cc1. The molecule has 1 amide bonds. The summed E-state index contributed by atoms with van der Waals surface area (Å²) in [6.07, 6.45) is 1.56. The fourth-order valence-corrected chi connectivity index (χ4v) is 2.82. The van der Waals surface area contributed by atoms with Gasteiger partial charge < -0.3 is 16.0 Å². The summed E-state index contributed by atoms with van der Waals surface area (Å²) < 4.78 is 0. The van der Waals surface area contributed by atoms with Crippen LogP contribution >= 0.6 is 0 Å². The zero-order valence-corrected chi connectivity index (χ0v) is 12.6. The van der Waals surface area contributed by atoms with Gasteiger partial charge in [-0.1, -0.05) is 30.3 Å². The van der Waals surface area contributed by atoms with Gasteiger partial charge >= 0.3 is 0 Å². The molecule has 0 spiro atoms. The molecule has 0 saturated heterocycles. The molecule has 3 rings (SSSR count). The zero-order chi connectivity index (χ0) is 15.4. The molecule has 2 aromatic rings. The first-order valence-electron chi connectivity index (χ1n) is 7.68. The second-order valence-electron chi connectivity index (χ2n) is 5.56. The molecule has 0 radical (unpaired) electrons. The first kappa shape index (κ1) is 14.6. The van der Waals surface area contributed by atoms with Crippen LogP contribution < -0.4 is 16.0 Å². The van der Waals surface area contributed by atoms with E-state index < -0.39 is 0 Å². The van der Waals surface area contributed by atoms with Crippen LogP contribution in [0.15, 0.2) is 48.5 Å². The number of benzene rings is 2. The lowest BCUT2D eigenvalue weighted by Gasteiger charge is -2.19. The molecule has 3 N–H and O–H groups in total. The predicted octanol–water partition coefficient (Wildman–Crippen LogP) is 2.54. The van der Waals surface area contributed by atoms with Gasteiger partial charge in [0.1, 0.15) is 0 Å². The summed E-state index contributed by atoms with van der Waals surface area (Å²) in [5.41, 5.74) is 10.1. The number of nitrogens with two attached hydrogens (primary N) is 1. The average molecular weight is 295 g/mol. The summed E-state index contributed by atoms with van der Waals surface area (Å²) in [7, 11) is 0. The van der Waals surface area contributed by atoms with Crippen LogP contribution in [-0.2, 0) is 17.8 Å². The van der Waals surface area contributed by atoms with Crippen LogP contribution in [0, 0.1) is 0 Å². The Bertz CT molecular complexity index is 652. The van der Waals surface area contributed by atoms with Gasteiger partial charge in [0.05, 0.1) is 0 Å². The molecule has 1 aliphatic rings. The van der Waals surface area contributed by atoms with E-state index in [0.29, 0.717) is 13.0 Å². The first-order chi connectivity index (χ1) is 10.8. The Hall–Kier alpha value is -2.33. The maximum atomic E-state index is 12.1. The molecule has 4 nitrogen and oxygen atoms in total. The van der Waals surface area contributed by atoms with Gasteiger partial charge in [-0.15, -0.1) is 0 Å². The molecule has 0 fully saturated rings. The lowest BCUT2D eigenvalue weighted by Crippen LogP contribution is -2.26. The van der Waals surface area contributed by atoms with Gasteiger partial charge in [-0.3, -0.25) is 4.79 Å². The Morgan fingerprint density at radius 1 is 1.14 bits per heavy atom. The van der Waals surface area contributed by atoms with Crippen molar-refractivity contribution in [3.05, 3.63) is 59.7 Å². The molecule has 0 aliphatic carbocycles. The predicted molar refractivity (Wildman–Crippen MR) is 89.9 cm³/mol. The van der Waals surface area contributed by atoms with Crippen LogP contribution in [0.4, 0.5) is 11.4 Å². The number of carbonyl (C=O) groups is 1. The summed E-state index contributed by atoms with van der Waals surface area (Å²) >= 11 is 0. The third-order valence-corrected chi connectivity index (χ3v) is 4.07. The van der Waals surface area contributed by atoms with Gasteiger partial charge in [-0.05, 0) is 35.7 Å². The van der Waals surface area contributed by atoms with Crippen LogP contribution in [0.1, 0.15) is 17.5 Å². The van der Waals surface area contributed by atoms with Crippen LogP contribution in [0.5, 0.6) is 0 Å². The molecule has 0 saturated carbocycles. The molecule has 0 bridgehead atoms. The highest BCUT2D eigenvalue weighted by molar-refractivity contribution is 5.91. The molecule has 2 aromatic carbocycles. The van der Waals surface area contributed by atoms with E-state index in [1.165, 1.54) is 11.3 Å². The zero-order valence-electron chi connectivity index (χ0n) is 12.6. The van der Waals surface area contributed by atoms with Crippen molar-refractivity contribution >= 4 is 17.3 Å². The molecule has 4 heteroatoms. The number of rotatable bonds is 5. The summed E-state index contributed by atoms with van der Waals surface area (Å²) in [6, 6.07) is 16.1. The molecule has 1 aliphatic heterocycles. The van der Waals surface area contributed by atoms with Crippen molar-refractivity contribution in [1.29, 1.82) is 0 Å². The van der Waals surface area contributed by atoms with Gasteiger partial charge in [-0.25, -0.2) is 0 Å². The number of carbonyl (C=O) groups excluding carboxylic acids is 1. The number of hydrogen-bond acceptors (Lipinski definition) is 3. The van der Waals surface area contributed by atoms with E-state index in [-0.39, 0.29) is 5.91 Å². The van der Waals surface area contributed by atoms with Gasteiger partial charge in [0, 0.05) is 37.4 Å². The Labute approximate surface area is 130 Å². The van der Waals surface area contributed by atoms with E-state index in [1.807, 2.05) is 24.3 Å². The second kappa shape index (κ2) is 6.62. The normalized spacial score (nSPS) is 13.0. The van der Waals surface area contributed by atoms with E-state index >= 15 is 0 Å². The lowest BCUT2D eigenvalue weighted by atomic mass is 10.2. The fraction of sp³-hybridized carbons (Fsp3) is 0.278. The number of hydrogen-bond donors (Lipinski definition) is 2. The van der Waals surface area contributed by atoms with Crippen molar-refractivity contribution < 1.29 is 4.79 Å². The summed E-state index contributed by atoms with van der Waals surface area (Å²) in [4.78, 5) is 14.4. The number of anilines is 2. The molecule has 0 atom stereocenters. The van der Waals surface area contributed by atoms with Gasteiger partial charge in [0.15, 0.2) is 0 Å². The van der Waals surface area contributed by atoms with Crippen molar-refractivity contribution in [2.75, 3.05) is 23.3 Å². The second-order valence-corrected chi connectivity index (χ2v) is 5.56. The largest absolute Gasteiger partial charge is 0.370 e. The molecule has 114 valence electrons. The van der Waals surface area contributed by atoms with Crippen molar-refractivity contribution in [3.63, 3.8) is 0 Å². The third-order valence-electron chi connectivity index (χ3n) is 4.07. The van der Waals surface area contributed by atoms with Gasteiger partial charge in [0.25, 0.3) is 0 Å². The minimum atomic E-state index is 0.0462. The van der Waals surface area contributed by atoms with Crippen molar-refractivity contribution in [2.45, 2.75) is 19.4 Å². The van der Waals surface area contributed by atoms with Gasteiger partial charge in [-0.2, -0.15) is 0 Å². The van der Waals surface area contributed by atoms with E-state index in [1.54, 1.807) is 0 Å². The van der Waals surface area contributed by atoms with Crippen LogP contribution in [0.2, 0.25) is 0 Å². The van der Waals surface area contributed by atoms with Crippen molar-refractivity contribution in [2.24, 2.45) is 5.73 Å². The Balaban J connectivity index is 1.52.